The number of rotatable bonds is 5. The largest absolute Gasteiger partial charge is 0.352 e. The molecular weight excluding hydrogens is 326 g/mol. The molecule has 1 aliphatic heterocycles. The Kier molecular flexibility index (Phi) is 5.56. The molecule has 3 rings (SSSR count). The minimum absolute atomic E-state index is 0.115. The molecule has 0 spiro atoms. The van der Waals surface area contributed by atoms with Crippen LogP contribution in [0, 0.1) is 5.92 Å². The van der Waals surface area contributed by atoms with Crippen LogP contribution in [-0.4, -0.2) is 23.4 Å². The molecule has 0 saturated carbocycles. The van der Waals surface area contributed by atoms with Gasteiger partial charge in [-0.05, 0) is 41.7 Å². The van der Waals surface area contributed by atoms with Crippen LogP contribution in [0.3, 0.4) is 0 Å². The molecule has 0 unspecified atom stereocenters. The lowest BCUT2D eigenvalue weighted by atomic mass is 10.1. The highest BCUT2D eigenvalue weighted by Crippen LogP contribution is 2.23. The van der Waals surface area contributed by atoms with Crippen LogP contribution in [0.15, 0.2) is 48.5 Å². The molecule has 0 saturated heterocycles. The number of hydrogen-bond donors (Lipinski definition) is 2. The Balaban J connectivity index is 1.59. The first kappa shape index (κ1) is 18.0. The number of fused-ring (bicyclic) bond motifs is 1. The summed E-state index contributed by atoms with van der Waals surface area (Å²) in [6.07, 6.45) is 0.942. The maximum absolute atomic E-state index is 12.5. The fraction of sp³-hybridized carbons (Fsp3) is 0.333. The Morgan fingerprint density at radius 3 is 2.38 bits per heavy atom. The molecule has 136 valence electrons. The van der Waals surface area contributed by atoms with Crippen molar-refractivity contribution >= 4 is 17.6 Å². The van der Waals surface area contributed by atoms with Crippen LogP contribution in [0.25, 0.3) is 0 Å². The molecule has 2 N–H and O–H groups in total. The van der Waals surface area contributed by atoms with Crippen molar-refractivity contribution in [3.63, 3.8) is 0 Å². The second-order valence-electron chi connectivity index (χ2n) is 7.07. The van der Waals surface area contributed by atoms with E-state index in [0.717, 1.165) is 6.42 Å². The number of amides is 3. The molecule has 3 amide bonds. The highest BCUT2D eigenvalue weighted by Gasteiger charge is 2.22. The van der Waals surface area contributed by atoms with Gasteiger partial charge in [-0.3, -0.25) is 4.79 Å². The Labute approximate surface area is 154 Å². The molecule has 0 atom stereocenters. The third-order valence-corrected chi connectivity index (χ3v) is 4.51. The van der Waals surface area contributed by atoms with Gasteiger partial charge >= 0.3 is 6.03 Å². The van der Waals surface area contributed by atoms with E-state index in [-0.39, 0.29) is 11.9 Å². The van der Waals surface area contributed by atoms with Crippen molar-refractivity contribution in [2.45, 2.75) is 33.4 Å². The quantitative estimate of drug-likeness (QED) is 0.855. The first-order valence-electron chi connectivity index (χ1n) is 9.04. The zero-order chi connectivity index (χ0) is 18.5. The van der Waals surface area contributed by atoms with Crippen LogP contribution in [0.4, 0.5) is 10.5 Å². The molecule has 0 fully saturated rings. The summed E-state index contributed by atoms with van der Waals surface area (Å²) in [6, 6.07) is 15.0. The maximum Gasteiger partial charge on any atom is 0.322 e. The highest BCUT2D eigenvalue weighted by atomic mass is 16.2. The fourth-order valence-corrected chi connectivity index (χ4v) is 2.99. The van der Waals surface area contributed by atoms with Crippen molar-refractivity contribution in [1.29, 1.82) is 0 Å². The first-order chi connectivity index (χ1) is 12.5. The second-order valence-corrected chi connectivity index (χ2v) is 7.07. The summed E-state index contributed by atoms with van der Waals surface area (Å²) in [5.41, 5.74) is 3.54. The van der Waals surface area contributed by atoms with Crippen LogP contribution in [0.2, 0.25) is 0 Å². The molecule has 0 bridgehead atoms. The molecule has 26 heavy (non-hydrogen) atoms. The van der Waals surface area contributed by atoms with E-state index in [1.165, 1.54) is 11.1 Å². The molecule has 1 heterocycles. The molecule has 0 aromatic heterocycles. The van der Waals surface area contributed by atoms with E-state index in [2.05, 4.69) is 24.5 Å². The normalized spacial score (nSPS) is 12.8. The van der Waals surface area contributed by atoms with Gasteiger partial charge in [-0.25, -0.2) is 4.79 Å². The molecule has 5 nitrogen and oxygen atoms in total. The maximum atomic E-state index is 12.5. The summed E-state index contributed by atoms with van der Waals surface area (Å²) >= 11 is 0. The van der Waals surface area contributed by atoms with Crippen LogP contribution < -0.4 is 10.6 Å². The first-order valence-corrected chi connectivity index (χ1v) is 9.04. The highest BCUT2D eigenvalue weighted by molar-refractivity contribution is 5.96. The minimum Gasteiger partial charge on any atom is -0.352 e. The van der Waals surface area contributed by atoms with Crippen molar-refractivity contribution in [3.8, 4) is 0 Å². The smallest absolute Gasteiger partial charge is 0.322 e. The van der Waals surface area contributed by atoms with E-state index in [4.69, 9.17) is 0 Å². The number of urea groups is 1. The van der Waals surface area contributed by atoms with Crippen LogP contribution in [0.1, 0.15) is 41.8 Å². The van der Waals surface area contributed by atoms with Gasteiger partial charge in [-0.15, -0.1) is 0 Å². The van der Waals surface area contributed by atoms with Crippen molar-refractivity contribution in [3.05, 3.63) is 65.2 Å². The number of nitrogens with one attached hydrogen (secondary N) is 2. The van der Waals surface area contributed by atoms with Gasteiger partial charge in [0.05, 0.1) is 0 Å². The van der Waals surface area contributed by atoms with Crippen LogP contribution in [0.5, 0.6) is 0 Å². The zero-order valence-electron chi connectivity index (χ0n) is 15.3. The predicted octanol–water partition coefficient (Wildman–Crippen LogP) is 4.01. The number of anilines is 1. The third kappa shape index (κ3) is 4.42. The average Bonchev–Trinajstić information content (AvgIpc) is 3.06. The summed E-state index contributed by atoms with van der Waals surface area (Å²) in [4.78, 5) is 26.5. The lowest BCUT2D eigenvalue weighted by Gasteiger charge is -2.17. The lowest BCUT2D eigenvalue weighted by Crippen LogP contribution is -2.30. The van der Waals surface area contributed by atoms with Gasteiger partial charge in [0.1, 0.15) is 0 Å². The van der Waals surface area contributed by atoms with Crippen LogP contribution in [-0.2, 0) is 13.1 Å². The van der Waals surface area contributed by atoms with E-state index in [0.29, 0.717) is 36.8 Å². The Bertz CT molecular complexity index is 776. The van der Waals surface area contributed by atoms with E-state index in [1.807, 2.05) is 24.3 Å². The van der Waals surface area contributed by atoms with Gasteiger partial charge in [0, 0.05) is 30.9 Å². The van der Waals surface area contributed by atoms with Crippen molar-refractivity contribution in [2.75, 3.05) is 11.9 Å². The summed E-state index contributed by atoms with van der Waals surface area (Å²) < 4.78 is 0. The fourth-order valence-electron chi connectivity index (χ4n) is 2.99. The lowest BCUT2D eigenvalue weighted by molar-refractivity contribution is 0.0952. The van der Waals surface area contributed by atoms with Gasteiger partial charge in [0.2, 0.25) is 0 Å². The van der Waals surface area contributed by atoms with Crippen molar-refractivity contribution in [2.24, 2.45) is 5.92 Å². The number of benzene rings is 2. The van der Waals surface area contributed by atoms with Gasteiger partial charge in [-0.1, -0.05) is 44.2 Å². The molecule has 5 heteroatoms. The van der Waals surface area contributed by atoms with Crippen LogP contribution >= 0.6 is 0 Å². The predicted molar refractivity (Wildman–Crippen MR) is 103 cm³/mol. The molecule has 2 aromatic carbocycles. The van der Waals surface area contributed by atoms with Gasteiger partial charge in [0.25, 0.3) is 5.91 Å². The Morgan fingerprint density at radius 2 is 1.73 bits per heavy atom. The van der Waals surface area contributed by atoms with Crippen molar-refractivity contribution in [1.82, 2.24) is 10.2 Å². The topological polar surface area (TPSA) is 61.4 Å². The Hall–Kier alpha value is -2.82. The summed E-state index contributed by atoms with van der Waals surface area (Å²) in [5.74, 6) is 0.431. The van der Waals surface area contributed by atoms with Gasteiger partial charge in [0.15, 0.2) is 0 Å². The number of carbonyl (C=O) groups is 2. The second kappa shape index (κ2) is 8.04. The van der Waals surface area contributed by atoms with Crippen molar-refractivity contribution < 1.29 is 9.59 Å². The summed E-state index contributed by atoms with van der Waals surface area (Å²) in [5, 5.41) is 5.81. The monoisotopic (exact) mass is 351 g/mol. The standard InChI is InChI=1S/C21H25N3O2/c1-15(2)10-11-22-20(25)16-8-5-9-19(12-16)23-21(26)24-13-17-6-3-4-7-18(17)14-24/h3-9,12,15H,10-11,13-14H2,1-2H3,(H,22,25)(H,23,26). The third-order valence-electron chi connectivity index (χ3n) is 4.51. The van der Waals surface area contributed by atoms with E-state index in [1.54, 1.807) is 29.2 Å². The van der Waals surface area contributed by atoms with E-state index < -0.39 is 0 Å². The summed E-state index contributed by atoms with van der Waals surface area (Å²) in [6.45, 7) is 6.12. The van der Waals surface area contributed by atoms with E-state index >= 15 is 0 Å². The molecular formula is C21H25N3O2. The van der Waals surface area contributed by atoms with Gasteiger partial charge < -0.3 is 15.5 Å². The molecule has 0 aliphatic carbocycles. The summed E-state index contributed by atoms with van der Waals surface area (Å²) in [7, 11) is 0. The Morgan fingerprint density at radius 1 is 1.04 bits per heavy atom. The minimum atomic E-state index is -0.154. The number of carbonyl (C=O) groups excluding carboxylic acids is 2. The van der Waals surface area contributed by atoms with E-state index in [9.17, 15) is 9.59 Å². The molecule has 2 aromatic rings. The molecule has 0 radical (unpaired) electrons. The van der Waals surface area contributed by atoms with Gasteiger partial charge in [-0.2, -0.15) is 0 Å². The number of hydrogen-bond acceptors (Lipinski definition) is 2. The average molecular weight is 351 g/mol. The molecule has 1 aliphatic rings. The zero-order valence-corrected chi connectivity index (χ0v) is 15.3. The SMILES string of the molecule is CC(C)CCNC(=O)c1cccc(NC(=O)N2Cc3ccccc3C2)c1. The number of nitrogens with zero attached hydrogens (tertiary/aromatic N) is 1.